The molecule has 0 aliphatic carbocycles. The molecule has 6 heteroatoms. The third-order valence-corrected chi connectivity index (χ3v) is 3.37. The first-order valence-electron chi connectivity index (χ1n) is 6.05. The second kappa shape index (κ2) is 5.92. The zero-order chi connectivity index (χ0) is 14.7. The Morgan fingerprint density at radius 1 is 1.35 bits per heavy atom. The molecule has 0 aliphatic heterocycles. The van der Waals surface area contributed by atoms with E-state index in [9.17, 15) is 4.79 Å². The van der Waals surface area contributed by atoms with Gasteiger partial charge in [-0.1, -0.05) is 28.1 Å². The van der Waals surface area contributed by atoms with Gasteiger partial charge < -0.3 is 16.8 Å². The Bertz CT molecular complexity index is 645. The van der Waals surface area contributed by atoms with Gasteiger partial charge in [-0.05, 0) is 36.8 Å². The molecule has 0 fully saturated rings. The normalized spacial score (nSPS) is 11.9. The lowest BCUT2D eigenvalue weighted by Gasteiger charge is -2.17. The molecule has 1 aromatic carbocycles. The first-order chi connectivity index (χ1) is 9.47. The van der Waals surface area contributed by atoms with Crippen LogP contribution >= 0.6 is 15.9 Å². The lowest BCUT2D eigenvalue weighted by Crippen LogP contribution is -2.16. The average molecular weight is 335 g/mol. The van der Waals surface area contributed by atoms with E-state index in [1.54, 1.807) is 6.07 Å². The minimum atomic E-state index is -0.580. The molecule has 104 valence electrons. The zero-order valence-corrected chi connectivity index (χ0v) is 12.5. The van der Waals surface area contributed by atoms with Crippen molar-refractivity contribution in [3.63, 3.8) is 0 Å². The van der Waals surface area contributed by atoms with Crippen molar-refractivity contribution in [2.24, 2.45) is 5.73 Å². The van der Waals surface area contributed by atoms with Gasteiger partial charge in [0.1, 0.15) is 5.69 Å². The number of amides is 1. The number of anilines is 2. The van der Waals surface area contributed by atoms with E-state index in [2.05, 4.69) is 26.2 Å². The predicted octanol–water partition coefficient (Wildman–Crippen LogP) is 2.70. The summed E-state index contributed by atoms with van der Waals surface area (Å²) in [5.41, 5.74) is 12.8. The summed E-state index contributed by atoms with van der Waals surface area (Å²) in [6, 6.07) is 11.0. The molecule has 1 atom stereocenters. The fourth-order valence-electron chi connectivity index (χ4n) is 1.79. The number of nitrogens with zero attached hydrogens (tertiary/aromatic N) is 1. The molecule has 1 heterocycles. The van der Waals surface area contributed by atoms with Crippen LogP contribution in [-0.2, 0) is 0 Å². The van der Waals surface area contributed by atoms with E-state index >= 15 is 0 Å². The van der Waals surface area contributed by atoms with Crippen molar-refractivity contribution in [1.82, 2.24) is 4.98 Å². The second-order valence-corrected chi connectivity index (χ2v) is 5.34. The molecule has 0 aliphatic rings. The maximum atomic E-state index is 11.1. The van der Waals surface area contributed by atoms with Crippen LogP contribution in [0.2, 0.25) is 0 Å². The number of carbonyl (C=O) groups excluding carboxylic acids is 1. The molecule has 0 saturated carbocycles. The van der Waals surface area contributed by atoms with E-state index in [1.165, 1.54) is 6.07 Å². The van der Waals surface area contributed by atoms with Crippen molar-refractivity contribution in [3.05, 3.63) is 52.1 Å². The summed E-state index contributed by atoms with van der Waals surface area (Å²) in [6.07, 6.45) is 0. The van der Waals surface area contributed by atoms with E-state index in [1.807, 2.05) is 31.2 Å². The van der Waals surface area contributed by atoms with Crippen LogP contribution in [0.3, 0.4) is 0 Å². The number of nitrogens with one attached hydrogen (secondary N) is 1. The zero-order valence-electron chi connectivity index (χ0n) is 10.9. The molecule has 5 N–H and O–H groups in total. The van der Waals surface area contributed by atoms with Crippen LogP contribution in [0.1, 0.15) is 29.0 Å². The van der Waals surface area contributed by atoms with Crippen molar-refractivity contribution < 1.29 is 4.79 Å². The van der Waals surface area contributed by atoms with Gasteiger partial charge in [0.25, 0.3) is 5.91 Å². The Labute approximate surface area is 125 Å². The van der Waals surface area contributed by atoms with Gasteiger partial charge in [0.05, 0.1) is 11.7 Å². The van der Waals surface area contributed by atoms with E-state index in [0.29, 0.717) is 11.5 Å². The summed E-state index contributed by atoms with van der Waals surface area (Å²) in [6.45, 7) is 1.99. The van der Waals surface area contributed by atoms with Crippen LogP contribution in [0.4, 0.5) is 11.5 Å². The number of nitrogens with two attached hydrogens (primary N) is 2. The van der Waals surface area contributed by atoms with E-state index in [4.69, 9.17) is 11.5 Å². The third kappa shape index (κ3) is 3.27. The number of pyridine rings is 1. The molecule has 0 saturated heterocycles. The quantitative estimate of drug-likeness (QED) is 0.801. The van der Waals surface area contributed by atoms with Gasteiger partial charge in [-0.15, -0.1) is 0 Å². The number of benzene rings is 1. The largest absolute Gasteiger partial charge is 0.396 e. The van der Waals surface area contributed by atoms with Crippen LogP contribution in [0, 0.1) is 0 Å². The Balaban J connectivity index is 2.25. The number of nitrogen functional groups attached to an aromatic ring is 1. The molecule has 0 spiro atoms. The number of hydrogen-bond donors (Lipinski definition) is 3. The monoisotopic (exact) mass is 334 g/mol. The Kier molecular flexibility index (Phi) is 4.24. The van der Waals surface area contributed by atoms with Crippen molar-refractivity contribution >= 4 is 33.3 Å². The maximum Gasteiger partial charge on any atom is 0.267 e. The van der Waals surface area contributed by atoms with E-state index < -0.39 is 5.91 Å². The van der Waals surface area contributed by atoms with Crippen molar-refractivity contribution in [2.75, 3.05) is 11.1 Å². The number of halogens is 1. The molecule has 2 rings (SSSR count). The minimum Gasteiger partial charge on any atom is -0.396 e. The van der Waals surface area contributed by atoms with Crippen LogP contribution in [0.15, 0.2) is 40.9 Å². The molecule has 0 radical (unpaired) electrons. The summed E-state index contributed by atoms with van der Waals surface area (Å²) >= 11 is 3.43. The van der Waals surface area contributed by atoms with E-state index in [-0.39, 0.29) is 11.7 Å². The molecule has 20 heavy (non-hydrogen) atoms. The highest BCUT2D eigenvalue weighted by Crippen LogP contribution is 2.24. The van der Waals surface area contributed by atoms with Crippen LogP contribution < -0.4 is 16.8 Å². The van der Waals surface area contributed by atoms with Gasteiger partial charge in [0.2, 0.25) is 0 Å². The van der Waals surface area contributed by atoms with Crippen LogP contribution in [0.5, 0.6) is 0 Å². The summed E-state index contributed by atoms with van der Waals surface area (Å²) in [5, 5.41) is 3.18. The SMILES string of the molecule is CC(Nc1nc(C(N)=O)ccc1N)c1cccc(Br)c1. The topological polar surface area (TPSA) is 94.0 Å². The summed E-state index contributed by atoms with van der Waals surface area (Å²) in [5.74, 6) is -0.128. The minimum absolute atomic E-state index is 0.00886. The Morgan fingerprint density at radius 3 is 2.75 bits per heavy atom. The van der Waals surface area contributed by atoms with Crippen molar-refractivity contribution in [1.29, 1.82) is 0 Å². The maximum absolute atomic E-state index is 11.1. The highest BCUT2D eigenvalue weighted by Gasteiger charge is 2.11. The smallest absolute Gasteiger partial charge is 0.267 e. The molecule has 0 bridgehead atoms. The number of aromatic nitrogens is 1. The lowest BCUT2D eigenvalue weighted by atomic mass is 10.1. The average Bonchev–Trinajstić information content (AvgIpc) is 2.41. The summed E-state index contributed by atoms with van der Waals surface area (Å²) in [7, 11) is 0. The van der Waals surface area contributed by atoms with Crippen LogP contribution in [0.25, 0.3) is 0 Å². The van der Waals surface area contributed by atoms with Gasteiger partial charge in [-0.25, -0.2) is 4.98 Å². The summed E-state index contributed by atoms with van der Waals surface area (Å²) < 4.78 is 0.996. The fraction of sp³-hybridized carbons (Fsp3) is 0.143. The van der Waals surface area contributed by atoms with Gasteiger partial charge >= 0.3 is 0 Å². The molecule has 2 aromatic rings. The molecule has 1 aromatic heterocycles. The first kappa shape index (κ1) is 14.3. The Morgan fingerprint density at radius 2 is 2.10 bits per heavy atom. The van der Waals surface area contributed by atoms with Gasteiger partial charge in [0, 0.05) is 4.47 Å². The third-order valence-electron chi connectivity index (χ3n) is 2.88. The van der Waals surface area contributed by atoms with E-state index in [0.717, 1.165) is 10.0 Å². The number of primary amides is 1. The van der Waals surface area contributed by atoms with Crippen molar-refractivity contribution in [3.8, 4) is 0 Å². The predicted molar refractivity (Wildman–Crippen MR) is 83.3 cm³/mol. The lowest BCUT2D eigenvalue weighted by molar-refractivity contribution is 0.0995. The number of carbonyl (C=O) groups is 1. The highest BCUT2D eigenvalue weighted by molar-refractivity contribution is 9.10. The van der Waals surface area contributed by atoms with Gasteiger partial charge in [0.15, 0.2) is 5.82 Å². The van der Waals surface area contributed by atoms with Gasteiger partial charge in [-0.2, -0.15) is 0 Å². The summed E-state index contributed by atoms with van der Waals surface area (Å²) in [4.78, 5) is 15.3. The molecule has 1 amide bonds. The molecule has 5 nitrogen and oxygen atoms in total. The van der Waals surface area contributed by atoms with Gasteiger partial charge in [-0.3, -0.25) is 4.79 Å². The second-order valence-electron chi connectivity index (χ2n) is 4.42. The van der Waals surface area contributed by atoms with Crippen molar-refractivity contribution in [2.45, 2.75) is 13.0 Å². The number of hydrogen-bond acceptors (Lipinski definition) is 4. The first-order valence-corrected chi connectivity index (χ1v) is 6.85. The number of rotatable bonds is 4. The molecular weight excluding hydrogens is 320 g/mol. The van der Waals surface area contributed by atoms with Crippen LogP contribution in [-0.4, -0.2) is 10.9 Å². The standard InChI is InChI=1S/C14H15BrN4O/c1-8(9-3-2-4-10(15)7-9)18-14-11(16)5-6-12(19-14)13(17)20/h2-8H,16H2,1H3,(H2,17,20)(H,18,19). The molecule has 1 unspecified atom stereocenters. The fourth-order valence-corrected chi connectivity index (χ4v) is 2.20. The Hall–Kier alpha value is -2.08. The highest BCUT2D eigenvalue weighted by atomic mass is 79.9. The molecular formula is C14H15BrN4O.